The monoisotopic (exact) mass is 217 g/mol. The lowest BCUT2D eigenvalue weighted by Gasteiger charge is -2.01. The first-order valence-corrected chi connectivity index (χ1v) is 5.14. The number of nitrogens with zero attached hydrogens (tertiary/aromatic N) is 2. The predicted octanol–water partition coefficient (Wildman–Crippen LogP) is 2.15. The van der Waals surface area contributed by atoms with Crippen molar-refractivity contribution in [1.82, 2.24) is 4.37 Å². The molecule has 74 valence electrons. The Morgan fingerprint density at radius 1 is 1.60 bits per heavy atom. The van der Waals surface area contributed by atoms with Gasteiger partial charge in [0.25, 0.3) is 0 Å². The summed E-state index contributed by atoms with van der Waals surface area (Å²) in [4.78, 5) is 11.1. The Hall–Kier alpha value is -1.93. The minimum absolute atomic E-state index is 0.125. The summed E-state index contributed by atoms with van der Waals surface area (Å²) >= 11 is 1.38. The number of carbonyl (C=O) groups is 1. The van der Waals surface area contributed by atoms with Gasteiger partial charge >= 0.3 is 0 Å². The Kier molecular flexibility index (Phi) is 2.61. The van der Waals surface area contributed by atoms with Crippen LogP contribution in [0.3, 0.4) is 0 Å². The normalized spacial score (nSPS) is 9.80. The second-order valence-electron chi connectivity index (χ2n) is 2.97. The number of nitriles is 1. The maximum absolute atomic E-state index is 11.1. The van der Waals surface area contributed by atoms with Gasteiger partial charge in [-0.3, -0.25) is 4.79 Å². The molecule has 2 aromatic rings. The molecule has 0 aliphatic heterocycles. The molecular formula is C10H7N3OS. The summed E-state index contributed by atoms with van der Waals surface area (Å²) in [6, 6.07) is 7.26. The summed E-state index contributed by atoms with van der Waals surface area (Å²) < 4.78 is 4.15. The van der Waals surface area contributed by atoms with Gasteiger partial charge in [0.1, 0.15) is 6.42 Å². The van der Waals surface area contributed by atoms with Gasteiger partial charge in [0.05, 0.1) is 11.6 Å². The van der Waals surface area contributed by atoms with E-state index in [4.69, 9.17) is 5.26 Å². The first-order valence-electron chi connectivity index (χ1n) is 4.30. The summed E-state index contributed by atoms with van der Waals surface area (Å²) in [6.07, 6.45) is -0.125. The molecule has 0 aliphatic rings. The Balaban J connectivity index is 2.22. The van der Waals surface area contributed by atoms with Crippen LogP contribution < -0.4 is 5.32 Å². The number of nitrogens with one attached hydrogen (secondary N) is 1. The van der Waals surface area contributed by atoms with Gasteiger partial charge in [0.15, 0.2) is 0 Å². The third-order valence-corrected chi connectivity index (χ3v) is 2.54. The number of hydrogen-bond donors (Lipinski definition) is 1. The van der Waals surface area contributed by atoms with Gasteiger partial charge in [-0.1, -0.05) is 0 Å². The average Bonchev–Trinajstić information content (AvgIpc) is 2.65. The van der Waals surface area contributed by atoms with Crippen LogP contribution in [-0.2, 0) is 4.79 Å². The highest BCUT2D eigenvalue weighted by Gasteiger charge is 2.02. The molecule has 1 amide bonds. The SMILES string of the molecule is N#CCC(=O)Nc1ccc2nscc2c1. The van der Waals surface area contributed by atoms with E-state index in [1.54, 1.807) is 12.1 Å². The predicted molar refractivity (Wildman–Crippen MR) is 58.5 cm³/mol. The molecule has 0 atom stereocenters. The van der Waals surface area contributed by atoms with Crippen molar-refractivity contribution in [1.29, 1.82) is 5.26 Å². The lowest BCUT2D eigenvalue weighted by Crippen LogP contribution is -2.09. The molecule has 0 saturated carbocycles. The summed E-state index contributed by atoms with van der Waals surface area (Å²) in [5.74, 6) is -0.292. The number of rotatable bonds is 2. The van der Waals surface area contributed by atoms with Crippen LogP contribution in [0.2, 0.25) is 0 Å². The molecule has 0 fully saturated rings. The molecule has 0 aliphatic carbocycles. The summed E-state index contributed by atoms with van der Waals surface area (Å²) in [7, 11) is 0. The van der Waals surface area contributed by atoms with E-state index in [2.05, 4.69) is 9.69 Å². The molecule has 0 saturated heterocycles. The van der Waals surface area contributed by atoms with Crippen molar-refractivity contribution in [2.24, 2.45) is 0 Å². The third kappa shape index (κ3) is 2.11. The van der Waals surface area contributed by atoms with Crippen LogP contribution in [0.4, 0.5) is 5.69 Å². The number of fused-ring (bicyclic) bond motifs is 1. The highest BCUT2D eigenvalue weighted by Crippen LogP contribution is 2.19. The van der Waals surface area contributed by atoms with E-state index in [0.717, 1.165) is 10.9 Å². The van der Waals surface area contributed by atoms with Crippen LogP contribution in [0, 0.1) is 11.3 Å². The van der Waals surface area contributed by atoms with Crippen molar-refractivity contribution < 1.29 is 4.79 Å². The van der Waals surface area contributed by atoms with E-state index in [-0.39, 0.29) is 12.3 Å². The van der Waals surface area contributed by atoms with Crippen LogP contribution in [0.1, 0.15) is 6.42 Å². The second kappa shape index (κ2) is 4.07. The minimum atomic E-state index is -0.292. The van der Waals surface area contributed by atoms with Crippen LogP contribution in [0.25, 0.3) is 10.9 Å². The number of carbonyl (C=O) groups excluding carboxylic acids is 1. The van der Waals surface area contributed by atoms with E-state index < -0.39 is 0 Å². The fraction of sp³-hybridized carbons (Fsp3) is 0.100. The van der Waals surface area contributed by atoms with Gasteiger partial charge in [-0.15, -0.1) is 0 Å². The molecule has 1 aromatic carbocycles. The van der Waals surface area contributed by atoms with Gasteiger partial charge in [-0.25, -0.2) is 0 Å². The van der Waals surface area contributed by atoms with Crippen LogP contribution >= 0.6 is 11.5 Å². The third-order valence-electron chi connectivity index (χ3n) is 1.88. The number of benzene rings is 1. The van der Waals surface area contributed by atoms with E-state index in [9.17, 15) is 4.79 Å². The molecule has 4 nitrogen and oxygen atoms in total. The number of amides is 1. The van der Waals surface area contributed by atoms with E-state index in [1.165, 1.54) is 11.5 Å². The number of aromatic nitrogens is 1. The zero-order valence-corrected chi connectivity index (χ0v) is 8.54. The van der Waals surface area contributed by atoms with E-state index in [1.807, 2.05) is 17.5 Å². The van der Waals surface area contributed by atoms with Gasteiger partial charge in [0.2, 0.25) is 5.91 Å². The second-order valence-corrected chi connectivity index (χ2v) is 3.60. The smallest absolute Gasteiger partial charge is 0.238 e. The van der Waals surface area contributed by atoms with Gasteiger partial charge in [-0.2, -0.15) is 9.64 Å². The van der Waals surface area contributed by atoms with Gasteiger partial charge < -0.3 is 5.32 Å². The standard InChI is InChI=1S/C10H7N3OS/c11-4-3-10(14)12-8-1-2-9-7(5-8)6-15-13-9/h1-2,5-6H,3H2,(H,12,14). The molecule has 0 spiro atoms. The molecule has 15 heavy (non-hydrogen) atoms. The van der Waals surface area contributed by atoms with Crippen molar-refractivity contribution >= 4 is 34.0 Å². The Morgan fingerprint density at radius 2 is 2.47 bits per heavy atom. The largest absolute Gasteiger partial charge is 0.325 e. The molecule has 1 aromatic heterocycles. The van der Waals surface area contributed by atoms with Crippen molar-refractivity contribution in [2.75, 3.05) is 5.32 Å². The Labute approximate surface area is 90.3 Å². The topological polar surface area (TPSA) is 65.8 Å². The van der Waals surface area contributed by atoms with Crippen LogP contribution in [0.5, 0.6) is 0 Å². The fourth-order valence-electron chi connectivity index (χ4n) is 1.23. The number of anilines is 1. The van der Waals surface area contributed by atoms with Crippen molar-refractivity contribution in [3.05, 3.63) is 23.6 Å². The van der Waals surface area contributed by atoms with Gasteiger partial charge in [-0.05, 0) is 29.7 Å². The zero-order valence-electron chi connectivity index (χ0n) is 7.73. The first-order chi connectivity index (χ1) is 7.29. The van der Waals surface area contributed by atoms with Crippen LogP contribution in [0.15, 0.2) is 23.6 Å². The summed E-state index contributed by atoms with van der Waals surface area (Å²) in [5.41, 5.74) is 1.61. The number of hydrogen-bond acceptors (Lipinski definition) is 4. The molecule has 0 radical (unpaired) electrons. The quantitative estimate of drug-likeness (QED) is 0.838. The average molecular weight is 217 g/mol. The minimum Gasteiger partial charge on any atom is -0.325 e. The Bertz CT molecular complexity index is 541. The molecule has 1 N–H and O–H groups in total. The maximum atomic E-state index is 11.1. The maximum Gasteiger partial charge on any atom is 0.238 e. The molecule has 2 rings (SSSR count). The molecular weight excluding hydrogens is 210 g/mol. The molecule has 0 unspecified atom stereocenters. The molecule has 0 bridgehead atoms. The highest BCUT2D eigenvalue weighted by atomic mass is 32.1. The molecule has 1 heterocycles. The van der Waals surface area contributed by atoms with Crippen molar-refractivity contribution in [3.63, 3.8) is 0 Å². The highest BCUT2D eigenvalue weighted by molar-refractivity contribution is 7.04. The lowest BCUT2D eigenvalue weighted by molar-refractivity contribution is -0.115. The van der Waals surface area contributed by atoms with E-state index in [0.29, 0.717) is 5.69 Å². The van der Waals surface area contributed by atoms with E-state index >= 15 is 0 Å². The summed E-state index contributed by atoms with van der Waals surface area (Å²) in [5, 5.41) is 13.9. The zero-order chi connectivity index (χ0) is 10.7. The summed E-state index contributed by atoms with van der Waals surface area (Å²) in [6.45, 7) is 0. The van der Waals surface area contributed by atoms with Crippen molar-refractivity contribution in [3.8, 4) is 6.07 Å². The van der Waals surface area contributed by atoms with Crippen LogP contribution in [-0.4, -0.2) is 10.3 Å². The molecule has 5 heteroatoms. The Morgan fingerprint density at radius 3 is 3.27 bits per heavy atom. The first kappa shape index (κ1) is 9.62. The lowest BCUT2D eigenvalue weighted by atomic mass is 10.2. The van der Waals surface area contributed by atoms with Crippen molar-refractivity contribution in [2.45, 2.75) is 6.42 Å². The van der Waals surface area contributed by atoms with Gasteiger partial charge in [0, 0.05) is 16.5 Å². The fourth-order valence-corrected chi connectivity index (χ4v) is 1.86.